The zero-order chi connectivity index (χ0) is 13.1. The van der Waals surface area contributed by atoms with Crippen molar-refractivity contribution in [1.29, 1.82) is 0 Å². The van der Waals surface area contributed by atoms with E-state index < -0.39 is 0 Å². The van der Waals surface area contributed by atoms with E-state index in [1.54, 1.807) is 5.57 Å². The van der Waals surface area contributed by atoms with Gasteiger partial charge in [0.05, 0.1) is 0 Å². The van der Waals surface area contributed by atoms with Crippen molar-refractivity contribution in [2.75, 3.05) is 14.1 Å². The van der Waals surface area contributed by atoms with E-state index in [-0.39, 0.29) is 5.41 Å². The van der Waals surface area contributed by atoms with Gasteiger partial charge >= 0.3 is 0 Å². The van der Waals surface area contributed by atoms with Gasteiger partial charge in [-0.05, 0) is 34.9 Å². The first-order chi connectivity index (χ1) is 7.00. The van der Waals surface area contributed by atoms with Gasteiger partial charge in [-0.25, -0.2) is 0 Å². The van der Waals surface area contributed by atoms with E-state index in [9.17, 15) is 0 Å². The smallest absolute Gasteiger partial charge is 0.00556 e. The van der Waals surface area contributed by atoms with E-state index in [0.29, 0.717) is 11.3 Å². The lowest BCUT2D eigenvalue weighted by atomic mass is 9.67. The largest absolute Gasteiger partial charge is 0.383 e. The Balaban J connectivity index is 5.34. The summed E-state index contributed by atoms with van der Waals surface area (Å²) >= 11 is 0. The predicted molar refractivity (Wildman–Crippen MR) is 74.5 cm³/mol. The van der Waals surface area contributed by atoms with E-state index in [0.717, 1.165) is 0 Å². The van der Waals surface area contributed by atoms with Gasteiger partial charge in [0, 0.05) is 14.1 Å². The summed E-state index contributed by atoms with van der Waals surface area (Å²) in [5, 5.41) is 0. The number of nitrogens with zero attached hydrogens (tertiary/aromatic N) is 1. The Morgan fingerprint density at radius 1 is 1.06 bits per heavy atom. The van der Waals surface area contributed by atoms with E-state index in [1.807, 2.05) is 0 Å². The van der Waals surface area contributed by atoms with Crippen LogP contribution in [-0.4, -0.2) is 19.0 Å². The van der Waals surface area contributed by atoms with Gasteiger partial charge < -0.3 is 4.90 Å². The Morgan fingerprint density at radius 3 is 1.69 bits per heavy atom. The van der Waals surface area contributed by atoms with Crippen molar-refractivity contribution in [3.63, 3.8) is 0 Å². The standard InChI is InChI=1S/C15H31N/c1-10-12(14(2,3)4)13(11-16(8)9)15(5,6)7/h11-12H,10H2,1-9H3/b13-11+. The Labute approximate surface area is 103 Å². The van der Waals surface area contributed by atoms with Crippen LogP contribution in [-0.2, 0) is 0 Å². The average molecular weight is 225 g/mol. The molecule has 0 rings (SSSR count). The minimum Gasteiger partial charge on any atom is -0.383 e. The van der Waals surface area contributed by atoms with Gasteiger partial charge in [0.25, 0.3) is 0 Å². The van der Waals surface area contributed by atoms with E-state index in [4.69, 9.17) is 0 Å². The van der Waals surface area contributed by atoms with Crippen LogP contribution in [0.3, 0.4) is 0 Å². The van der Waals surface area contributed by atoms with Crippen LogP contribution in [0.25, 0.3) is 0 Å². The second-order valence-corrected chi connectivity index (χ2v) is 7.12. The number of rotatable bonds is 3. The summed E-state index contributed by atoms with van der Waals surface area (Å²) in [4.78, 5) is 2.18. The molecule has 1 atom stereocenters. The number of allylic oxidation sites excluding steroid dienone is 1. The second kappa shape index (κ2) is 5.25. The van der Waals surface area contributed by atoms with Gasteiger partial charge in [-0.2, -0.15) is 0 Å². The van der Waals surface area contributed by atoms with E-state index in [2.05, 4.69) is 73.7 Å². The van der Waals surface area contributed by atoms with Gasteiger partial charge in [0.1, 0.15) is 0 Å². The van der Waals surface area contributed by atoms with Gasteiger partial charge in [-0.3, -0.25) is 0 Å². The normalized spacial score (nSPS) is 16.2. The molecule has 1 unspecified atom stereocenters. The van der Waals surface area contributed by atoms with Gasteiger partial charge in [0.2, 0.25) is 0 Å². The lowest BCUT2D eigenvalue weighted by Crippen LogP contribution is -2.29. The predicted octanol–water partition coefficient (Wildman–Crippen LogP) is 4.55. The molecule has 1 nitrogen and oxygen atoms in total. The fourth-order valence-electron chi connectivity index (χ4n) is 2.38. The highest BCUT2D eigenvalue weighted by atomic mass is 15.0. The van der Waals surface area contributed by atoms with Crippen LogP contribution in [0.2, 0.25) is 0 Å². The molecule has 0 aromatic carbocycles. The first-order valence-corrected chi connectivity index (χ1v) is 6.38. The molecule has 96 valence electrons. The molecular formula is C15H31N. The average Bonchev–Trinajstić information content (AvgIpc) is 1.98. The molecule has 0 aliphatic rings. The summed E-state index contributed by atoms with van der Waals surface area (Å²) < 4.78 is 0. The molecule has 0 bridgehead atoms. The van der Waals surface area contributed by atoms with Gasteiger partial charge in [-0.1, -0.05) is 48.5 Å². The van der Waals surface area contributed by atoms with Crippen LogP contribution in [0.15, 0.2) is 11.8 Å². The fourth-order valence-corrected chi connectivity index (χ4v) is 2.38. The number of hydrogen-bond donors (Lipinski definition) is 0. The zero-order valence-corrected chi connectivity index (χ0v) is 12.8. The first kappa shape index (κ1) is 15.5. The van der Waals surface area contributed by atoms with Gasteiger partial charge in [0.15, 0.2) is 0 Å². The van der Waals surface area contributed by atoms with Crippen molar-refractivity contribution in [1.82, 2.24) is 4.90 Å². The lowest BCUT2D eigenvalue weighted by molar-refractivity contribution is 0.232. The highest BCUT2D eigenvalue weighted by Gasteiger charge is 2.32. The van der Waals surface area contributed by atoms with Crippen LogP contribution in [0.4, 0.5) is 0 Å². The van der Waals surface area contributed by atoms with Crippen LogP contribution in [0.5, 0.6) is 0 Å². The summed E-state index contributed by atoms with van der Waals surface area (Å²) in [6, 6.07) is 0. The zero-order valence-electron chi connectivity index (χ0n) is 12.8. The minimum absolute atomic E-state index is 0.248. The van der Waals surface area contributed by atoms with E-state index >= 15 is 0 Å². The van der Waals surface area contributed by atoms with Crippen LogP contribution in [0, 0.1) is 16.7 Å². The molecule has 0 N–H and O–H groups in total. The summed E-state index contributed by atoms with van der Waals surface area (Å²) in [6.45, 7) is 16.3. The quantitative estimate of drug-likeness (QED) is 0.681. The third-order valence-corrected chi connectivity index (χ3v) is 3.09. The molecule has 0 radical (unpaired) electrons. The fraction of sp³-hybridized carbons (Fsp3) is 0.867. The minimum atomic E-state index is 0.248. The van der Waals surface area contributed by atoms with Crippen LogP contribution < -0.4 is 0 Å². The molecule has 0 aromatic heterocycles. The Kier molecular flexibility index (Phi) is 5.10. The molecule has 0 saturated heterocycles. The van der Waals surface area contributed by atoms with Crippen molar-refractivity contribution in [2.45, 2.75) is 54.9 Å². The van der Waals surface area contributed by atoms with E-state index in [1.165, 1.54) is 6.42 Å². The lowest BCUT2D eigenvalue weighted by Gasteiger charge is -2.39. The SMILES string of the molecule is CCC(/C(=C\N(C)C)C(C)(C)C)C(C)(C)C. The summed E-state index contributed by atoms with van der Waals surface area (Å²) in [5.41, 5.74) is 2.15. The molecule has 0 aliphatic carbocycles. The number of hydrogen-bond acceptors (Lipinski definition) is 1. The highest BCUT2D eigenvalue weighted by molar-refractivity contribution is 5.16. The molecule has 1 heteroatoms. The Bertz CT molecular complexity index is 235. The molecular weight excluding hydrogens is 194 g/mol. The molecule has 0 amide bonds. The molecule has 0 fully saturated rings. The summed E-state index contributed by atoms with van der Waals surface area (Å²) in [7, 11) is 4.22. The topological polar surface area (TPSA) is 3.24 Å². The summed E-state index contributed by atoms with van der Waals surface area (Å²) in [5.74, 6) is 0.648. The third-order valence-electron chi connectivity index (χ3n) is 3.09. The van der Waals surface area contributed by atoms with Crippen LogP contribution in [0.1, 0.15) is 54.9 Å². The maximum Gasteiger partial charge on any atom is 0.00556 e. The molecule has 0 heterocycles. The van der Waals surface area contributed by atoms with Crippen molar-refractivity contribution < 1.29 is 0 Å². The molecule has 0 saturated carbocycles. The third kappa shape index (κ3) is 4.59. The monoisotopic (exact) mass is 225 g/mol. The maximum absolute atomic E-state index is 2.34. The van der Waals surface area contributed by atoms with Crippen molar-refractivity contribution in [2.24, 2.45) is 16.7 Å². The highest BCUT2D eigenvalue weighted by Crippen LogP contribution is 2.42. The molecule has 16 heavy (non-hydrogen) atoms. The van der Waals surface area contributed by atoms with Crippen LogP contribution >= 0.6 is 0 Å². The molecule has 0 aliphatic heterocycles. The summed E-state index contributed by atoms with van der Waals surface area (Å²) in [6.07, 6.45) is 3.53. The van der Waals surface area contributed by atoms with Crippen molar-refractivity contribution >= 4 is 0 Å². The van der Waals surface area contributed by atoms with Crippen molar-refractivity contribution in [3.8, 4) is 0 Å². The first-order valence-electron chi connectivity index (χ1n) is 6.38. The molecule has 0 spiro atoms. The Morgan fingerprint density at radius 2 is 1.50 bits per heavy atom. The maximum atomic E-state index is 2.34. The van der Waals surface area contributed by atoms with Gasteiger partial charge in [-0.15, -0.1) is 0 Å². The van der Waals surface area contributed by atoms with Crippen molar-refractivity contribution in [3.05, 3.63) is 11.8 Å². The second-order valence-electron chi connectivity index (χ2n) is 7.12. The molecule has 0 aromatic rings. The Hall–Kier alpha value is -0.460.